The van der Waals surface area contributed by atoms with Gasteiger partial charge in [0.2, 0.25) is 11.8 Å². The third-order valence-corrected chi connectivity index (χ3v) is 5.13. The van der Waals surface area contributed by atoms with Gasteiger partial charge >= 0.3 is 0 Å². The fourth-order valence-corrected chi connectivity index (χ4v) is 3.65. The van der Waals surface area contributed by atoms with Crippen molar-refractivity contribution in [1.29, 1.82) is 0 Å². The zero-order valence-electron chi connectivity index (χ0n) is 13.6. The van der Waals surface area contributed by atoms with Gasteiger partial charge in [-0.2, -0.15) is 0 Å². The first kappa shape index (κ1) is 15.1. The van der Waals surface area contributed by atoms with Crippen LogP contribution in [-0.4, -0.2) is 18.9 Å². The average Bonchev–Trinajstić information content (AvgIpc) is 3.09. The summed E-state index contributed by atoms with van der Waals surface area (Å²) < 4.78 is 0. The van der Waals surface area contributed by atoms with E-state index >= 15 is 0 Å². The van der Waals surface area contributed by atoms with Crippen molar-refractivity contribution in [3.05, 3.63) is 29.3 Å². The van der Waals surface area contributed by atoms with Gasteiger partial charge in [0, 0.05) is 25.2 Å². The summed E-state index contributed by atoms with van der Waals surface area (Å²) in [6.07, 6.45) is 4.36. The second kappa shape index (κ2) is 5.41. The Bertz CT molecular complexity index is 616. The second-order valence-corrected chi connectivity index (χ2v) is 7.04. The van der Waals surface area contributed by atoms with Crippen LogP contribution < -0.4 is 10.2 Å². The molecule has 1 saturated carbocycles. The SMILES string of the molecule is CN1C(=O)C(C)(C)c2cc(CNC(=O)C3CCCC3)ccc21. The van der Waals surface area contributed by atoms with Crippen molar-refractivity contribution < 1.29 is 9.59 Å². The summed E-state index contributed by atoms with van der Waals surface area (Å²) in [4.78, 5) is 26.1. The Morgan fingerprint density at radius 2 is 2.00 bits per heavy atom. The van der Waals surface area contributed by atoms with Gasteiger partial charge in [0.1, 0.15) is 0 Å². The lowest BCUT2D eigenvalue weighted by atomic mass is 9.85. The molecule has 1 N–H and O–H groups in total. The minimum Gasteiger partial charge on any atom is -0.352 e. The lowest BCUT2D eigenvalue weighted by Crippen LogP contribution is -2.33. The average molecular weight is 300 g/mol. The molecule has 1 aromatic rings. The van der Waals surface area contributed by atoms with Gasteiger partial charge in [-0.25, -0.2) is 0 Å². The predicted molar refractivity (Wildman–Crippen MR) is 86.7 cm³/mol. The van der Waals surface area contributed by atoms with Crippen LogP contribution in [0.1, 0.15) is 50.7 Å². The Morgan fingerprint density at radius 1 is 1.32 bits per heavy atom. The summed E-state index contributed by atoms with van der Waals surface area (Å²) >= 11 is 0. The van der Waals surface area contributed by atoms with Gasteiger partial charge in [0.25, 0.3) is 0 Å². The number of carbonyl (C=O) groups excluding carboxylic acids is 2. The van der Waals surface area contributed by atoms with Gasteiger partial charge in [0.05, 0.1) is 5.41 Å². The number of hydrogen-bond donors (Lipinski definition) is 1. The standard InChI is InChI=1S/C18H24N2O2/c1-18(2)14-10-12(8-9-15(14)20(3)17(18)22)11-19-16(21)13-6-4-5-7-13/h8-10,13H,4-7,11H2,1-3H3,(H,19,21). The summed E-state index contributed by atoms with van der Waals surface area (Å²) in [5, 5.41) is 3.04. The molecule has 1 aliphatic carbocycles. The van der Waals surface area contributed by atoms with Crippen LogP contribution in [0.2, 0.25) is 0 Å². The fraction of sp³-hybridized carbons (Fsp3) is 0.556. The van der Waals surface area contributed by atoms with Crippen molar-refractivity contribution in [1.82, 2.24) is 5.32 Å². The zero-order chi connectivity index (χ0) is 15.9. The molecule has 0 aromatic heterocycles. The Hall–Kier alpha value is -1.84. The maximum atomic E-state index is 12.3. The summed E-state index contributed by atoms with van der Waals surface area (Å²) in [7, 11) is 1.82. The van der Waals surface area contributed by atoms with E-state index in [1.165, 1.54) is 12.8 Å². The number of amides is 2. The van der Waals surface area contributed by atoms with Crippen LogP contribution in [-0.2, 0) is 21.5 Å². The van der Waals surface area contributed by atoms with E-state index in [2.05, 4.69) is 11.4 Å². The fourth-order valence-electron chi connectivity index (χ4n) is 3.65. The molecule has 0 spiro atoms. The number of carbonyl (C=O) groups is 2. The molecule has 0 bridgehead atoms. The Kier molecular flexibility index (Phi) is 3.71. The molecule has 0 atom stereocenters. The molecule has 118 valence electrons. The molecule has 4 nitrogen and oxygen atoms in total. The highest BCUT2D eigenvalue weighted by Crippen LogP contribution is 2.41. The van der Waals surface area contributed by atoms with Gasteiger partial charge in [-0.05, 0) is 43.9 Å². The van der Waals surface area contributed by atoms with Gasteiger partial charge in [-0.15, -0.1) is 0 Å². The molecule has 0 unspecified atom stereocenters. The first-order chi connectivity index (χ1) is 10.4. The summed E-state index contributed by atoms with van der Waals surface area (Å²) in [5.74, 6) is 0.485. The predicted octanol–water partition coefficient (Wildman–Crippen LogP) is 2.75. The van der Waals surface area contributed by atoms with Crippen LogP contribution in [0.5, 0.6) is 0 Å². The third-order valence-electron chi connectivity index (χ3n) is 5.13. The van der Waals surface area contributed by atoms with Crippen molar-refractivity contribution >= 4 is 17.5 Å². The molecule has 2 aliphatic rings. The molecule has 22 heavy (non-hydrogen) atoms. The van der Waals surface area contributed by atoms with Crippen LogP contribution in [0.25, 0.3) is 0 Å². The largest absolute Gasteiger partial charge is 0.352 e. The van der Waals surface area contributed by atoms with E-state index in [-0.39, 0.29) is 17.7 Å². The van der Waals surface area contributed by atoms with Gasteiger partial charge in [-0.1, -0.05) is 25.0 Å². The van der Waals surface area contributed by atoms with E-state index < -0.39 is 5.41 Å². The Balaban J connectivity index is 1.73. The molecule has 1 fully saturated rings. The quantitative estimate of drug-likeness (QED) is 0.933. The number of fused-ring (bicyclic) bond motifs is 1. The highest BCUT2D eigenvalue weighted by Gasteiger charge is 2.42. The van der Waals surface area contributed by atoms with E-state index in [0.717, 1.165) is 29.7 Å². The van der Waals surface area contributed by atoms with Crippen molar-refractivity contribution in [3.63, 3.8) is 0 Å². The molecule has 1 heterocycles. The lowest BCUT2D eigenvalue weighted by molar-refractivity contribution is -0.125. The molecule has 1 aliphatic heterocycles. The van der Waals surface area contributed by atoms with Crippen LogP contribution in [0.15, 0.2) is 18.2 Å². The van der Waals surface area contributed by atoms with Crippen molar-refractivity contribution in [2.75, 3.05) is 11.9 Å². The number of hydrogen-bond acceptors (Lipinski definition) is 2. The molecular weight excluding hydrogens is 276 g/mol. The summed E-state index contributed by atoms with van der Waals surface area (Å²) in [6.45, 7) is 4.45. The minimum atomic E-state index is -0.491. The third kappa shape index (κ3) is 2.40. The summed E-state index contributed by atoms with van der Waals surface area (Å²) in [6, 6.07) is 6.05. The van der Waals surface area contributed by atoms with Crippen molar-refractivity contribution in [2.24, 2.45) is 5.92 Å². The highest BCUT2D eigenvalue weighted by molar-refractivity contribution is 6.07. The van der Waals surface area contributed by atoms with Crippen molar-refractivity contribution in [2.45, 2.75) is 51.5 Å². The van der Waals surface area contributed by atoms with Gasteiger partial charge in [-0.3, -0.25) is 9.59 Å². The van der Waals surface area contributed by atoms with E-state index in [4.69, 9.17) is 0 Å². The van der Waals surface area contributed by atoms with Gasteiger partial charge in [0.15, 0.2) is 0 Å². The number of anilines is 1. The minimum absolute atomic E-state index is 0.120. The van der Waals surface area contributed by atoms with Crippen LogP contribution in [0.4, 0.5) is 5.69 Å². The molecule has 2 amide bonds. The number of likely N-dealkylation sites (N-methyl/N-ethyl adjacent to an activating group) is 1. The van der Waals surface area contributed by atoms with Crippen LogP contribution >= 0.6 is 0 Å². The first-order valence-electron chi connectivity index (χ1n) is 8.10. The highest BCUT2D eigenvalue weighted by atomic mass is 16.2. The molecule has 4 heteroatoms. The molecule has 3 rings (SSSR count). The zero-order valence-corrected chi connectivity index (χ0v) is 13.6. The van der Waals surface area contributed by atoms with Gasteiger partial charge < -0.3 is 10.2 Å². The first-order valence-corrected chi connectivity index (χ1v) is 8.10. The van der Waals surface area contributed by atoms with E-state index in [1.807, 2.05) is 33.0 Å². The molecule has 0 saturated heterocycles. The number of rotatable bonds is 3. The normalized spacial score (nSPS) is 20.3. The van der Waals surface area contributed by atoms with E-state index in [0.29, 0.717) is 6.54 Å². The Labute approximate surface area is 131 Å². The summed E-state index contributed by atoms with van der Waals surface area (Å²) in [5.41, 5.74) is 2.59. The number of nitrogens with one attached hydrogen (secondary N) is 1. The maximum absolute atomic E-state index is 12.3. The maximum Gasteiger partial charge on any atom is 0.236 e. The monoisotopic (exact) mass is 300 g/mol. The van der Waals surface area contributed by atoms with E-state index in [9.17, 15) is 9.59 Å². The van der Waals surface area contributed by atoms with Crippen LogP contribution in [0, 0.1) is 5.92 Å². The number of nitrogens with zero attached hydrogens (tertiary/aromatic N) is 1. The second-order valence-electron chi connectivity index (χ2n) is 7.04. The molecular formula is C18H24N2O2. The topological polar surface area (TPSA) is 49.4 Å². The Morgan fingerprint density at radius 3 is 2.68 bits per heavy atom. The smallest absolute Gasteiger partial charge is 0.236 e. The molecule has 1 aromatic carbocycles. The van der Waals surface area contributed by atoms with E-state index in [1.54, 1.807) is 4.90 Å². The molecule has 0 radical (unpaired) electrons. The van der Waals surface area contributed by atoms with Crippen molar-refractivity contribution in [3.8, 4) is 0 Å². The number of benzene rings is 1. The lowest BCUT2D eigenvalue weighted by Gasteiger charge is -2.17. The van der Waals surface area contributed by atoms with Crippen LogP contribution in [0.3, 0.4) is 0 Å².